The van der Waals surface area contributed by atoms with Crippen molar-refractivity contribution in [1.29, 1.82) is 0 Å². The van der Waals surface area contributed by atoms with Gasteiger partial charge in [0.15, 0.2) is 0 Å². The molecule has 1 saturated carbocycles. The van der Waals surface area contributed by atoms with E-state index < -0.39 is 0 Å². The molecular weight excluding hydrogens is 376 g/mol. The minimum Gasteiger partial charge on any atom is -0.494 e. The van der Waals surface area contributed by atoms with Gasteiger partial charge >= 0.3 is 0 Å². The molecule has 0 atom stereocenters. The molecular formula is C24H26N4O2. The molecule has 1 fully saturated rings. The lowest BCUT2D eigenvalue weighted by Gasteiger charge is -2.24. The highest BCUT2D eigenvalue weighted by molar-refractivity contribution is 5.87. The Kier molecular flexibility index (Phi) is 4.91. The lowest BCUT2D eigenvalue weighted by molar-refractivity contribution is 0.340. The van der Waals surface area contributed by atoms with Crippen LogP contribution in [0.4, 0.5) is 5.82 Å². The number of H-pyrrole nitrogens is 1. The highest BCUT2D eigenvalue weighted by Gasteiger charge is 2.21. The first-order valence-electron chi connectivity index (χ1n) is 10.8. The number of benzene rings is 1. The van der Waals surface area contributed by atoms with Gasteiger partial charge in [0, 0.05) is 23.1 Å². The van der Waals surface area contributed by atoms with Gasteiger partial charge < -0.3 is 15.0 Å². The number of pyridine rings is 2. The third kappa shape index (κ3) is 3.43. The van der Waals surface area contributed by atoms with E-state index in [4.69, 9.17) is 9.72 Å². The minimum absolute atomic E-state index is 0.137. The van der Waals surface area contributed by atoms with E-state index in [-0.39, 0.29) is 5.56 Å². The minimum atomic E-state index is -0.137. The van der Waals surface area contributed by atoms with E-state index in [1.54, 1.807) is 0 Å². The normalized spacial score (nSPS) is 15.0. The largest absolute Gasteiger partial charge is 0.494 e. The molecule has 5 rings (SSSR count). The second-order valence-corrected chi connectivity index (χ2v) is 7.91. The molecule has 3 heterocycles. The van der Waals surface area contributed by atoms with Crippen LogP contribution in [0.2, 0.25) is 0 Å². The third-order valence-electron chi connectivity index (χ3n) is 5.86. The van der Waals surface area contributed by atoms with Crippen LogP contribution >= 0.6 is 0 Å². The van der Waals surface area contributed by atoms with Gasteiger partial charge in [0.1, 0.15) is 22.9 Å². The number of aromatic amines is 1. The second-order valence-electron chi connectivity index (χ2n) is 7.91. The number of ether oxygens (including phenoxy) is 1. The smallest absolute Gasteiger partial charge is 0.258 e. The number of hydrogen-bond acceptors (Lipinski definition) is 4. The predicted molar refractivity (Wildman–Crippen MR) is 120 cm³/mol. The Labute approximate surface area is 174 Å². The van der Waals surface area contributed by atoms with Gasteiger partial charge in [-0.15, -0.1) is 0 Å². The lowest BCUT2D eigenvalue weighted by Crippen LogP contribution is -2.23. The monoisotopic (exact) mass is 402 g/mol. The summed E-state index contributed by atoms with van der Waals surface area (Å²) in [6, 6.07) is 14.0. The Morgan fingerprint density at radius 3 is 2.87 bits per heavy atom. The van der Waals surface area contributed by atoms with Crippen molar-refractivity contribution in [3.05, 3.63) is 59.0 Å². The standard InChI is InChI=1S/C24H26N4O2/c1-2-30-18-11-12-20-16(14-18)15-19(24(29)26-20)22-23(25-17-8-4-3-5-9-17)28-13-7-6-10-21(28)27-22/h6-7,10-15,17,25H,2-5,8-9H2,1H3,(H,26,29). The SMILES string of the molecule is CCOc1ccc2[nH]c(=O)c(-c3nc4ccccn4c3NC3CCCCC3)cc2c1. The highest BCUT2D eigenvalue weighted by atomic mass is 16.5. The van der Waals surface area contributed by atoms with Crippen molar-refractivity contribution in [3.63, 3.8) is 0 Å². The zero-order chi connectivity index (χ0) is 20.5. The summed E-state index contributed by atoms with van der Waals surface area (Å²) in [6.07, 6.45) is 8.06. The molecule has 1 aliphatic carbocycles. The van der Waals surface area contributed by atoms with Crippen molar-refractivity contribution in [2.75, 3.05) is 11.9 Å². The number of fused-ring (bicyclic) bond motifs is 2. The number of aromatic nitrogens is 3. The second kappa shape index (κ2) is 7.86. The maximum absolute atomic E-state index is 13.0. The van der Waals surface area contributed by atoms with Crippen molar-refractivity contribution >= 4 is 22.4 Å². The molecule has 0 spiro atoms. The highest BCUT2D eigenvalue weighted by Crippen LogP contribution is 2.31. The fraction of sp³-hybridized carbons (Fsp3) is 0.333. The fourth-order valence-corrected chi connectivity index (χ4v) is 4.38. The van der Waals surface area contributed by atoms with Gasteiger partial charge in [-0.2, -0.15) is 0 Å². The van der Waals surface area contributed by atoms with Crippen LogP contribution in [0.3, 0.4) is 0 Å². The Balaban J connectivity index is 1.66. The summed E-state index contributed by atoms with van der Waals surface area (Å²) in [7, 11) is 0. The summed E-state index contributed by atoms with van der Waals surface area (Å²) in [5.41, 5.74) is 2.74. The van der Waals surface area contributed by atoms with E-state index in [0.29, 0.717) is 23.9 Å². The molecule has 0 aliphatic heterocycles. The van der Waals surface area contributed by atoms with Crippen LogP contribution in [0.15, 0.2) is 53.5 Å². The number of imidazole rings is 1. The molecule has 6 nitrogen and oxygen atoms in total. The molecule has 0 bridgehead atoms. The van der Waals surface area contributed by atoms with Gasteiger partial charge in [-0.25, -0.2) is 4.98 Å². The zero-order valence-corrected chi connectivity index (χ0v) is 17.1. The maximum Gasteiger partial charge on any atom is 0.258 e. The molecule has 30 heavy (non-hydrogen) atoms. The van der Waals surface area contributed by atoms with Crippen LogP contribution in [-0.4, -0.2) is 27.0 Å². The van der Waals surface area contributed by atoms with E-state index in [1.807, 2.05) is 60.0 Å². The topological polar surface area (TPSA) is 71.4 Å². The van der Waals surface area contributed by atoms with Crippen LogP contribution in [0.1, 0.15) is 39.0 Å². The number of nitrogens with one attached hydrogen (secondary N) is 2. The number of rotatable bonds is 5. The van der Waals surface area contributed by atoms with Crippen LogP contribution in [0.5, 0.6) is 5.75 Å². The Bertz CT molecular complexity index is 1250. The maximum atomic E-state index is 13.0. The van der Waals surface area contributed by atoms with Gasteiger partial charge in [0.05, 0.1) is 12.2 Å². The molecule has 0 radical (unpaired) electrons. The van der Waals surface area contributed by atoms with Crippen LogP contribution in [0, 0.1) is 0 Å². The fourth-order valence-electron chi connectivity index (χ4n) is 4.38. The van der Waals surface area contributed by atoms with Crippen molar-refractivity contribution < 1.29 is 4.74 Å². The molecule has 0 unspecified atom stereocenters. The summed E-state index contributed by atoms with van der Waals surface area (Å²) in [5.74, 6) is 1.68. The van der Waals surface area contributed by atoms with Gasteiger partial charge in [0.2, 0.25) is 0 Å². The van der Waals surface area contributed by atoms with E-state index in [2.05, 4.69) is 10.3 Å². The summed E-state index contributed by atoms with van der Waals surface area (Å²) < 4.78 is 7.68. The Morgan fingerprint density at radius 2 is 2.03 bits per heavy atom. The van der Waals surface area contributed by atoms with Crippen LogP contribution < -0.4 is 15.6 Å². The van der Waals surface area contributed by atoms with E-state index in [1.165, 1.54) is 19.3 Å². The lowest BCUT2D eigenvalue weighted by atomic mass is 9.95. The molecule has 6 heteroatoms. The van der Waals surface area contributed by atoms with Crippen molar-refractivity contribution in [2.24, 2.45) is 0 Å². The van der Waals surface area contributed by atoms with Gasteiger partial charge in [-0.05, 0) is 56.2 Å². The Hall–Kier alpha value is -3.28. The van der Waals surface area contributed by atoms with Crippen molar-refractivity contribution in [2.45, 2.75) is 45.1 Å². The molecule has 1 aliphatic rings. The molecule has 154 valence electrons. The summed E-state index contributed by atoms with van der Waals surface area (Å²) in [4.78, 5) is 20.8. The number of hydrogen-bond donors (Lipinski definition) is 2. The summed E-state index contributed by atoms with van der Waals surface area (Å²) in [6.45, 7) is 2.56. The van der Waals surface area contributed by atoms with Crippen molar-refractivity contribution in [1.82, 2.24) is 14.4 Å². The average Bonchev–Trinajstić information content (AvgIpc) is 3.13. The summed E-state index contributed by atoms with van der Waals surface area (Å²) >= 11 is 0. The zero-order valence-electron chi connectivity index (χ0n) is 17.1. The first kappa shape index (κ1) is 18.7. The molecule has 2 N–H and O–H groups in total. The first-order valence-corrected chi connectivity index (χ1v) is 10.8. The number of nitrogens with zero attached hydrogens (tertiary/aromatic N) is 2. The quantitative estimate of drug-likeness (QED) is 0.494. The van der Waals surface area contributed by atoms with Gasteiger partial charge in [-0.1, -0.05) is 25.3 Å². The van der Waals surface area contributed by atoms with E-state index in [9.17, 15) is 4.79 Å². The third-order valence-corrected chi connectivity index (χ3v) is 5.86. The van der Waals surface area contributed by atoms with Gasteiger partial charge in [0.25, 0.3) is 5.56 Å². The average molecular weight is 402 g/mol. The van der Waals surface area contributed by atoms with Crippen molar-refractivity contribution in [3.8, 4) is 17.0 Å². The first-order chi connectivity index (χ1) is 14.7. The summed E-state index contributed by atoms with van der Waals surface area (Å²) in [5, 5.41) is 4.63. The molecule has 0 amide bonds. The molecule has 1 aromatic carbocycles. The Morgan fingerprint density at radius 1 is 1.17 bits per heavy atom. The van der Waals surface area contributed by atoms with Crippen LogP contribution in [0.25, 0.3) is 27.8 Å². The number of anilines is 1. The van der Waals surface area contributed by atoms with Crippen LogP contribution in [-0.2, 0) is 0 Å². The molecule has 4 aromatic rings. The van der Waals surface area contributed by atoms with Gasteiger partial charge in [-0.3, -0.25) is 9.20 Å². The molecule has 0 saturated heterocycles. The van der Waals surface area contributed by atoms with E-state index in [0.717, 1.165) is 41.0 Å². The molecule has 3 aromatic heterocycles. The van der Waals surface area contributed by atoms with E-state index >= 15 is 0 Å². The predicted octanol–water partition coefficient (Wildman–Crippen LogP) is 4.99.